The van der Waals surface area contributed by atoms with E-state index in [2.05, 4.69) is 25.3 Å². The molecule has 0 aliphatic carbocycles. The minimum absolute atomic E-state index is 0. The van der Waals surface area contributed by atoms with Gasteiger partial charge in [0, 0.05) is 6.54 Å². The Morgan fingerprint density at radius 3 is 3.00 bits per heavy atom. The molecule has 2 aromatic rings. The third kappa shape index (κ3) is 1.70. The van der Waals surface area contributed by atoms with Crippen molar-refractivity contribution in [2.75, 3.05) is 11.9 Å². The largest absolute Gasteiger partial charge is 0.368 e. The first-order valence-corrected chi connectivity index (χ1v) is 3.79. The lowest BCUT2D eigenvalue weighted by Crippen LogP contribution is -2.00. The predicted molar refractivity (Wildman–Crippen MR) is 53.1 cm³/mol. The molecule has 0 bridgehead atoms. The Bertz CT molecular complexity index is 385. The molecule has 6 heteroatoms. The fourth-order valence-corrected chi connectivity index (χ4v) is 1.07. The van der Waals surface area contributed by atoms with E-state index in [0.29, 0.717) is 5.65 Å². The van der Waals surface area contributed by atoms with Crippen LogP contribution in [-0.4, -0.2) is 26.5 Å². The smallest absolute Gasteiger partial charge is 0.182 e. The summed E-state index contributed by atoms with van der Waals surface area (Å²) in [7, 11) is 0. The standard InChI is InChI=1S/C7H9N5.ClH/c1-2-8-6-5-7(10-3-9-5)12-4-11-6;/h3-4H,2H2,1H3,(H2,8,9,10,11,12);1H. The summed E-state index contributed by atoms with van der Waals surface area (Å²) in [5.41, 5.74) is 1.56. The third-order valence-corrected chi connectivity index (χ3v) is 1.57. The summed E-state index contributed by atoms with van der Waals surface area (Å²) in [5, 5.41) is 3.11. The van der Waals surface area contributed by atoms with E-state index < -0.39 is 0 Å². The molecule has 0 spiro atoms. The molecule has 0 radical (unpaired) electrons. The Balaban J connectivity index is 0.000000845. The van der Waals surface area contributed by atoms with Crippen LogP contribution in [0.15, 0.2) is 12.7 Å². The van der Waals surface area contributed by atoms with Gasteiger partial charge in [0.05, 0.1) is 6.33 Å². The van der Waals surface area contributed by atoms with Gasteiger partial charge in [-0.1, -0.05) is 0 Å². The van der Waals surface area contributed by atoms with Gasteiger partial charge in [-0.25, -0.2) is 15.0 Å². The second-order valence-corrected chi connectivity index (χ2v) is 2.35. The van der Waals surface area contributed by atoms with Gasteiger partial charge in [-0.3, -0.25) is 0 Å². The Kier molecular flexibility index (Phi) is 3.02. The van der Waals surface area contributed by atoms with Crippen LogP contribution in [0.25, 0.3) is 11.2 Å². The van der Waals surface area contributed by atoms with Crippen LogP contribution in [0, 0.1) is 0 Å². The Labute approximate surface area is 81.4 Å². The number of fused-ring (bicyclic) bond motifs is 1. The van der Waals surface area contributed by atoms with E-state index in [1.54, 1.807) is 6.33 Å². The molecule has 2 rings (SSSR count). The number of rotatable bonds is 2. The van der Waals surface area contributed by atoms with Crippen LogP contribution < -0.4 is 5.32 Å². The molecule has 0 aliphatic rings. The Morgan fingerprint density at radius 1 is 1.38 bits per heavy atom. The van der Waals surface area contributed by atoms with Crippen molar-refractivity contribution in [1.29, 1.82) is 0 Å². The maximum absolute atomic E-state index is 4.08. The summed E-state index contributed by atoms with van der Waals surface area (Å²) in [6.45, 7) is 2.86. The summed E-state index contributed by atoms with van der Waals surface area (Å²) < 4.78 is 0. The highest BCUT2D eigenvalue weighted by atomic mass is 35.5. The number of aromatic amines is 1. The zero-order valence-electron chi connectivity index (χ0n) is 7.11. The fourth-order valence-electron chi connectivity index (χ4n) is 1.07. The molecule has 0 aromatic carbocycles. The Hall–Kier alpha value is -1.36. The van der Waals surface area contributed by atoms with E-state index in [9.17, 15) is 0 Å². The van der Waals surface area contributed by atoms with E-state index in [0.717, 1.165) is 17.9 Å². The second-order valence-electron chi connectivity index (χ2n) is 2.35. The molecule has 5 nitrogen and oxygen atoms in total. The van der Waals surface area contributed by atoms with Crippen molar-refractivity contribution >= 4 is 29.4 Å². The second kappa shape index (κ2) is 4.04. The highest BCUT2D eigenvalue weighted by Gasteiger charge is 2.02. The number of anilines is 1. The highest BCUT2D eigenvalue weighted by molar-refractivity contribution is 5.85. The minimum atomic E-state index is 0. The van der Waals surface area contributed by atoms with Gasteiger partial charge >= 0.3 is 0 Å². The number of hydrogen-bond donors (Lipinski definition) is 2. The number of nitrogens with one attached hydrogen (secondary N) is 2. The third-order valence-electron chi connectivity index (χ3n) is 1.57. The summed E-state index contributed by atoms with van der Waals surface area (Å²) in [6.07, 6.45) is 3.11. The molecular formula is C7H10ClN5. The average Bonchev–Trinajstić information content (AvgIpc) is 2.53. The average molecular weight is 200 g/mol. The summed E-state index contributed by atoms with van der Waals surface area (Å²) >= 11 is 0. The van der Waals surface area contributed by atoms with Gasteiger partial charge in [-0.15, -0.1) is 12.4 Å². The maximum atomic E-state index is 4.08. The monoisotopic (exact) mass is 199 g/mol. The van der Waals surface area contributed by atoms with Crippen LogP contribution >= 0.6 is 12.4 Å². The molecule has 0 fully saturated rings. The summed E-state index contributed by atoms with van der Waals surface area (Å²) in [4.78, 5) is 15.1. The molecule has 0 amide bonds. The molecule has 2 N–H and O–H groups in total. The van der Waals surface area contributed by atoms with Crippen LogP contribution in [0.4, 0.5) is 5.82 Å². The first-order chi connectivity index (χ1) is 5.92. The van der Waals surface area contributed by atoms with Gasteiger partial charge in [-0.2, -0.15) is 0 Å². The first-order valence-electron chi connectivity index (χ1n) is 3.79. The van der Waals surface area contributed by atoms with Crippen molar-refractivity contribution in [2.45, 2.75) is 6.92 Å². The number of halogens is 1. The zero-order chi connectivity index (χ0) is 8.39. The fraction of sp³-hybridized carbons (Fsp3) is 0.286. The van der Waals surface area contributed by atoms with E-state index in [-0.39, 0.29) is 12.4 Å². The van der Waals surface area contributed by atoms with Crippen LogP contribution in [0.5, 0.6) is 0 Å². The van der Waals surface area contributed by atoms with Gasteiger partial charge in [0.2, 0.25) is 0 Å². The SMILES string of the molecule is CCNc1ncnc2nc[nH]c12.Cl. The van der Waals surface area contributed by atoms with E-state index in [1.165, 1.54) is 6.33 Å². The van der Waals surface area contributed by atoms with Crippen LogP contribution in [-0.2, 0) is 0 Å². The molecule has 13 heavy (non-hydrogen) atoms. The van der Waals surface area contributed by atoms with Gasteiger partial charge in [0.15, 0.2) is 11.5 Å². The van der Waals surface area contributed by atoms with E-state index >= 15 is 0 Å². The quantitative estimate of drug-likeness (QED) is 0.763. The van der Waals surface area contributed by atoms with Gasteiger partial charge in [0.1, 0.15) is 11.8 Å². The molecular weight excluding hydrogens is 190 g/mol. The summed E-state index contributed by atoms with van der Waals surface area (Å²) in [5.74, 6) is 0.806. The van der Waals surface area contributed by atoms with Gasteiger partial charge in [0.25, 0.3) is 0 Å². The molecule has 0 saturated heterocycles. The molecule has 70 valence electrons. The molecule has 0 aliphatic heterocycles. The number of hydrogen-bond acceptors (Lipinski definition) is 4. The number of H-pyrrole nitrogens is 1. The van der Waals surface area contributed by atoms with Crippen molar-refractivity contribution in [1.82, 2.24) is 19.9 Å². The normalized spacial score (nSPS) is 9.62. The molecule has 0 unspecified atom stereocenters. The summed E-state index contributed by atoms with van der Waals surface area (Å²) in [6, 6.07) is 0. The van der Waals surface area contributed by atoms with Crippen molar-refractivity contribution in [3.8, 4) is 0 Å². The number of imidazole rings is 1. The molecule has 2 aromatic heterocycles. The van der Waals surface area contributed by atoms with Crippen LogP contribution in [0.3, 0.4) is 0 Å². The highest BCUT2D eigenvalue weighted by Crippen LogP contribution is 2.13. The van der Waals surface area contributed by atoms with Gasteiger partial charge < -0.3 is 10.3 Å². The maximum Gasteiger partial charge on any atom is 0.182 e. The lowest BCUT2D eigenvalue weighted by atomic mass is 10.5. The number of nitrogens with zero attached hydrogens (tertiary/aromatic N) is 3. The van der Waals surface area contributed by atoms with E-state index in [1.807, 2.05) is 6.92 Å². The lowest BCUT2D eigenvalue weighted by Gasteiger charge is -2.00. The van der Waals surface area contributed by atoms with Crippen molar-refractivity contribution in [3.63, 3.8) is 0 Å². The predicted octanol–water partition coefficient (Wildman–Crippen LogP) is 1.21. The van der Waals surface area contributed by atoms with Crippen LogP contribution in [0.1, 0.15) is 6.92 Å². The number of aromatic nitrogens is 4. The van der Waals surface area contributed by atoms with Crippen molar-refractivity contribution in [3.05, 3.63) is 12.7 Å². The molecule has 0 atom stereocenters. The van der Waals surface area contributed by atoms with Crippen LogP contribution in [0.2, 0.25) is 0 Å². The van der Waals surface area contributed by atoms with Gasteiger partial charge in [-0.05, 0) is 6.92 Å². The zero-order valence-corrected chi connectivity index (χ0v) is 7.93. The van der Waals surface area contributed by atoms with Crippen molar-refractivity contribution < 1.29 is 0 Å². The molecule has 2 heterocycles. The first kappa shape index (κ1) is 9.73. The molecule has 0 saturated carbocycles. The lowest BCUT2D eigenvalue weighted by molar-refractivity contribution is 1.13. The minimum Gasteiger partial charge on any atom is -0.368 e. The Morgan fingerprint density at radius 2 is 2.23 bits per heavy atom. The topological polar surface area (TPSA) is 66.5 Å². The van der Waals surface area contributed by atoms with E-state index in [4.69, 9.17) is 0 Å². The van der Waals surface area contributed by atoms with Crippen molar-refractivity contribution in [2.24, 2.45) is 0 Å².